The predicted molar refractivity (Wildman–Crippen MR) is 109 cm³/mol. The number of fused-ring (bicyclic) bond motifs is 1. The smallest absolute Gasteiger partial charge is 0.139 e. The third-order valence-corrected chi connectivity index (χ3v) is 4.79. The Bertz CT molecular complexity index is 1090. The van der Waals surface area contributed by atoms with Gasteiger partial charge in [0.15, 0.2) is 0 Å². The second-order valence-corrected chi connectivity index (χ2v) is 7.24. The van der Waals surface area contributed by atoms with Crippen LogP contribution >= 0.6 is 27.5 Å². The summed E-state index contributed by atoms with van der Waals surface area (Å²) in [6, 6.07) is 18.8. The maximum atomic E-state index is 10.3. The summed E-state index contributed by atoms with van der Waals surface area (Å²) in [7, 11) is 0. The van der Waals surface area contributed by atoms with Crippen molar-refractivity contribution in [2.45, 2.75) is 6.54 Å². The highest BCUT2D eigenvalue weighted by atomic mass is 79.9. The molecule has 4 rings (SSSR count). The van der Waals surface area contributed by atoms with Crippen molar-refractivity contribution >= 4 is 39.0 Å². The molecule has 2 aromatic carbocycles. The van der Waals surface area contributed by atoms with Crippen molar-refractivity contribution in [3.63, 3.8) is 0 Å². The van der Waals surface area contributed by atoms with Crippen LogP contribution in [-0.4, -0.2) is 14.5 Å². The lowest BCUT2D eigenvalue weighted by atomic mass is 10.1. The SMILES string of the molecule is Oc1ccccc1-c1nc2ccc(Br)cn2c1NCc1cccc(Cl)c1. The Balaban J connectivity index is 1.81. The first-order valence-corrected chi connectivity index (χ1v) is 9.23. The summed E-state index contributed by atoms with van der Waals surface area (Å²) in [6.07, 6.45) is 1.95. The van der Waals surface area contributed by atoms with Gasteiger partial charge >= 0.3 is 0 Å². The molecule has 0 aliphatic carbocycles. The molecule has 0 aliphatic rings. The minimum Gasteiger partial charge on any atom is -0.507 e. The van der Waals surface area contributed by atoms with Crippen LogP contribution in [0, 0.1) is 0 Å². The van der Waals surface area contributed by atoms with Crippen LogP contribution in [0.15, 0.2) is 71.3 Å². The van der Waals surface area contributed by atoms with Gasteiger partial charge in [-0.2, -0.15) is 0 Å². The molecule has 0 aliphatic heterocycles. The van der Waals surface area contributed by atoms with Gasteiger partial charge in [-0.05, 0) is 57.9 Å². The molecule has 2 aromatic heterocycles. The number of rotatable bonds is 4. The number of phenolic OH excluding ortho intramolecular Hbond substituents is 1. The second kappa shape index (κ2) is 7.02. The number of para-hydroxylation sites is 1. The van der Waals surface area contributed by atoms with E-state index in [2.05, 4.69) is 21.2 Å². The highest BCUT2D eigenvalue weighted by Crippen LogP contribution is 2.35. The van der Waals surface area contributed by atoms with E-state index < -0.39 is 0 Å². The molecule has 0 saturated carbocycles. The Kier molecular flexibility index (Phi) is 4.57. The molecule has 0 unspecified atom stereocenters. The number of benzene rings is 2. The van der Waals surface area contributed by atoms with Crippen LogP contribution in [0.25, 0.3) is 16.9 Å². The highest BCUT2D eigenvalue weighted by molar-refractivity contribution is 9.10. The highest BCUT2D eigenvalue weighted by Gasteiger charge is 2.16. The van der Waals surface area contributed by atoms with Crippen molar-refractivity contribution in [1.82, 2.24) is 9.38 Å². The zero-order chi connectivity index (χ0) is 18.1. The van der Waals surface area contributed by atoms with Crippen LogP contribution in [0.4, 0.5) is 5.82 Å². The van der Waals surface area contributed by atoms with Gasteiger partial charge in [0.2, 0.25) is 0 Å². The molecule has 0 fully saturated rings. The molecule has 0 amide bonds. The molecule has 6 heteroatoms. The Morgan fingerprint density at radius 1 is 1.08 bits per heavy atom. The molecule has 0 spiro atoms. The van der Waals surface area contributed by atoms with Gasteiger partial charge in [0.1, 0.15) is 22.9 Å². The van der Waals surface area contributed by atoms with E-state index in [0.717, 1.165) is 21.5 Å². The number of phenols is 1. The molecule has 130 valence electrons. The van der Waals surface area contributed by atoms with Crippen LogP contribution < -0.4 is 5.32 Å². The summed E-state index contributed by atoms with van der Waals surface area (Å²) in [5.41, 5.74) is 3.23. The molecule has 26 heavy (non-hydrogen) atoms. The molecule has 4 aromatic rings. The van der Waals surface area contributed by atoms with Crippen molar-refractivity contribution < 1.29 is 5.11 Å². The topological polar surface area (TPSA) is 49.6 Å². The molecule has 0 saturated heterocycles. The number of halogens is 2. The fourth-order valence-corrected chi connectivity index (χ4v) is 3.43. The van der Waals surface area contributed by atoms with Gasteiger partial charge in [0, 0.05) is 27.8 Å². The van der Waals surface area contributed by atoms with Crippen molar-refractivity contribution in [3.8, 4) is 17.0 Å². The van der Waals surface area contributed by atoms with E-state index in [9.17, 15) is 5.11 Å². The number of aromatic hydroxyl groups is 1. The van der Waals surface area contributed by atoms with E-state index in [1.54, 1.807) is 12.1 Å². The lowest BCUT2D eigenvalue weighted by Gasteiger charge is -2.10. The van der Waals surface area contributed by atoms with E-state index >= 15 is 0 Å². The summed E-state index contributed by atoms with van der Waals surface area (Å²) >= 11 is 9.59. The van der Waals surface area contributed by atoms with Crippen molar-refractivity contribution in [3.05, 3.63) is 81.9 Å². The number of pyridine rings is 1. The van der Waals surface area contributed by atoms with E-state index in [0.29, 0.717) is 22.8 Å². The lowest BCUT2D eigenvalue weighted by Crippen LogP contribution is -2.03. The molecule has 0 bridgehead atoms. The molecule has 4 nitrogen and oxygen atoms in total. The van der Waals surface area contributed by atoms with Crippen LogP contribution in [0.5, 0.6) is 5.75 Å². The van der Waals surface area contributed by atoms with E-state index in [-0.39, 0.29) is 5.75 Å². The van der Waals surface area contributed by atoms with Gasteiger partial charge in [-0.15, -0.1) is 0 Å². The van der Waals surface area contributed by atoms with Gasteiger partial charge in [-0.3, -0.25) is 4.40 Å². The van der Waals surface area contributed by atoms with Crippen LogP contribution in [-0.2, 0) is 6.54 Å². The fourth-order valence-electron chi connectivity index (χ4n) is 2.88. The summed E-state index contributed by atoms with van der Waals surface area (Å²) in [5.74, 6) is 1.00. The number of nitrogens with zero attached hydrogens (tertiary/aromatic N) is 2. The van der Waals surface area contributed by atoms with Crippen molar-refractivity contribution in [2.75, 3.05) is 5.32 Å². The Hall–Kier alpha value is -2.50. The van der Waals surface area contributed by atoms with Gasteiger partial charge in [-0.1, -0.05) is 35.9 Å². The first-order chi connectivity index (χ1) is 12.6. The monoisotopic (exact) mass is 427 g/mol. The van der Waals surface area contributed by atoms with Crippen LogP contribution in [0.2, 0.25) is 5.02 Å². The van der Waals surface area contributed by atoms with E-state index in [4.69, 9.17) is 16.6 Å². The zero-order valence-electron chi connectivity index (χ0n) is 13.7. The number of hydrogen-bond donors (Lipinski definition) is 2. The van der Waals surface area contributed by atoms with Gasteiger partial charge in [-0.25, -0.2) is 4.98 Å². The Morgan fingerprint density at radius 3 is 2.73 bits per heavy atom. The van der Waals surface area contributed by atoms with Gasteiger partial charge in [0.25, 0.3) is 0 Å². The molecular weight excluding hydrogens is 414 g/mol. The van der Waals surface area contributed by atoms with Crippen LogP contribution in [0.3, 0.4) is 0 Å². The Labute approximate surface area is 164 Å². The maximum Gasteiger partial charge on any atom is 0.139 e. The minimum atomic E-state index is 0.195. The first kappa shape index (κ1) is 16.9. The average Bonchev–Trinajstić information content (AvgIpc) is 2.98. The van der Waals surface area contributed by atoms with Crippen molar-refractivity contribution in [1.29, 1.82) is 0 Å². The largest absolute Gasteiger partial charge is 0.507 e. The molecule has 2 N–H and O–H groups in total. The third kappa shape index (κ3) is 3.28. The van der Waals surface area contributed by atoms with Gasteiger partial charge in [0.05, 0.1) is 0 Å². The maximum absolute atomic E-state index is 10.3. The number of anilines is 1. The molecule has 0 radical (unpaired) electrons. The van der Waals surface area contributed by atoms with Crippen molar-refractivity contribution in [2.24, 2.45) is 0 Å². The third-order valence-electron chi connectivity index (χ3n) is 4.09. The summed E-state index contributed by atoms with van der Waals surface area (Å²) in [6.45, 7) is 0.585. The average molecular weight is 429 g/mol. The number of hydrogen-bond acceptors (Lipinski definition) is 3. The van der Waals surface area contributed by atoms with Gasteiger partial charge < -0.3 is 10.4 Å². The standard InChI is InChI=1S/C20H15BrClN3O/c21-14-8-9-18-24-19(16-6-1-2-7-17(16)26)20(25(18)12-14)23-11-13-4-3-5-15(22)10-13/h1-10,12,23,26H,11H2. The first-order valence-electron chi connectivity index (χ1n) is 8.06. The van der Waals surface area contributed by atoms with E-state index in [1.807, 2.05) is 59.1 Å². The quantitative estimate of drug-likeness (QED) is 0.436. The fraction of sp³-hybridized carbons (Fsp3) is 0.0500. The summed E-state index contributed by atoms with van der Waals surface area (Å²) in [4.78, 5) is 4.71. The number of aromatic nitrogens is 2. The summed E-state index contributed by atoms with van der Waals surface area (Å²) < 4.78 is 2.91. The minimum absolute atomic E-state index is 0.195. The Morgan fingerprint density at radius 2 is 1.92 bits per heavy atom. The molecule has 2 heterocycles. The molecule has 0 atom stereocenters. The molecular formula is C20H15BrClN3O. The number of nitrogens with one attached hydrogen (secondary N) is 1. The second-order valence-electron chi connectivity index (χ2n) is 5.89. The predicted octanol–water partition coefficient (Wildman–Crippen LogP) is 5.73. The normalized spacial score (nSPS) is 11.0. The van der Waals surface area contributed by atoms with Crippen LogP contribution in [0.1, 0.15) is 5.56 Å². The number of imidazole rings is 1. The lowest BCUT2D eigenvalue weighted by molar-refractivity contribution is 0.477. The van der Waals surface area contributed by atoms with E-state index in [1.165, 1.54) is 0 Å². The zero-order valence-corrected chi connectivity index (χ0v) is 16.0. The summed E-state index contributed by atoms with van der Waals surface area (Å²) in [5, 5.41) is 14.4.